The van der Waals surface area contributed by atoms with Gasteiger partial charge in [-0.05, 0) is 18.8 Å². The number of carbonyl (C=O) groups excluding carboxylic acids is 2. The van der Waals surface area contributed by atoms with Crippen molar-refractivity contribution < 1.29 is 19.5 Å². The molecule has 2 unspecified atom stereocenters. The van der Waals surface area contributed by atoms with Crippen LogP contribution in [0.3, 0.4) is 0 Å². The number of hydrogen-bond donors (Lipinski definition) is 3. The van der Waals surface area contributed by atoms with E-state index in [0.29, 0.717) is 0 Å². The van der Waals surface area contributed by atoms with E-state index in [1.165, 1.54) is 0 Å². The molecule has 19 heavy (non-hydrogen) atoms. The van der Waals surface area contributed by atoms with E-state index in [9.17, 15) is 14.4 Å². The van der Waals surface area contributed by atoms with Crippen LogP contribution in [0.2, 0.25) is 0 Å². The topological polar surface area (TPSA) is 109 Å². The maximum absolute atomic E-state index is 11.7. The van der Waals surface area contributed by atoms with E-state index in [2.05, 4.69) is 5.32 Å². The van der Waals surface area contributed by atoms with Crippen LogP contribution in [0.1, 0.15) is 25.7 Å². The third-order valence-electron chi connectivity index (χ3n) is 2.83. The molecule has 4 N–H and O–H groups in total. The Morgan fingerprint density at radius 3 is 2.63 bits per heavy atom. The van der Waals surface area contributed by atoms with Crippen LogP contribution in [0, 0.1) is 5.92 Å². The molecule has 0 saturated carbocycles. The molecule has 0 spiro atoms. The van der Waals surface area contributed by atoms with Crippen molar-refractivity contribution in [2.75, 3.05) is 0 Å². The summed E-state index contributed by atoms with van der Waals surface area (Å²) in [5.41, 5.74) is 4.96. The zero-order chi connectivity index (χ0) is 14.3. The highest BCUT2D eigenvalue weighted by atomic mass is 16.4. The number of carboxylic acids is 1. The first-order valence-electron chi connectivity index (χ1n) is 6.13. The van der Waals surface area contributed by atoms with Crippen molar-refractivity contribution in [3.63, 3.8) is 0 Å². The summed E-state index contributed by atoms with van der Waals surface area (Å²) in [5, 5.41) is 11.4. The van der Waals surface area contributed by atoms with E-state index in [-0.39, 0.29) is 31.1 Å². The summed E-state index contributed by atoms with van der Waals surface area (Å²) in [6, 6.07) is -1.07. The van der Waals surface area contributed by atoms with Gasteiger partial charge in [0.05, 0.1) is 0 Å². The summed E-state index contributed by atoms with van der Waals surface area (Å²) >= 11 is 0. The highest BCUT2D eigenvalue weighted by Crippen LogP contribution is 2.15. The van der Waals surface area contributed by atoms with Gasteiger partial charge in [0.1, 0.15) is 6.04 Å². The van der Waals surface area contributed by atoms with Gasteiger partial charge in [-0.25, -0.2) is 4.79 Å². The third-order valence-corrected chi connectivity index (χ3v) is 2.83. The molecular weight excluding hydrogens is 248 g/mol. The summed E-state index contributed by atoms with van der Waals surface area (Å²) < 4.78 is 0. The third kappa shape index (κ3) is 5.85. The highest BCUT2D eigenvalue weighted by Gasteiger charge is 2.21. The van der Waals surface area contributed by atoms with Crippen LogP contribution in [0.25, 0.3) is 0 Å². The Kier molecular flexibility index (Phi) is 5.78. The monoisotopic (exact) mass is 266 g/mol. The highest BCUT2D eigenvalue weighted by molar-refractivity contribution is 5.84. The number of nitrogens with two attached hydrogens (primary N) is 1. The minimum Gasteiger partial charge on any atom is -0.480 e. The molecule has 0 saturated heterocycles. The molecule has 0 bridgehead atoms. The van der Waals surface area contributed by atoms with Crippen molar-refractivity contribution in [1.82, 2.24) is 5.32 Å². The number of nitrogens with one attached hydrogen (secondary N) is 1. The van der Waals surface area contributed by atoms with Crippen molar-refractivity contribution in [3.8, 4) is 0 Å². The van der Waals surface area contributed by atoms with Gasteiger partial charge in [-0.1, -0.05) is 24.3 Å². The van der Waals surface area contributed by atoms with Crippen molar-refractivity contribution in [1.29, 1.82) is 0 Å². The number of allylic oxidation sites excluding steroid dienone is 4. The normalized spacial score (nSPS) is 18.8. The maximum Gasteiger partial charge on any atom is 0.326 e. The average Bonchev–Trinajstić information content (AvgIpc) is 2.35. The van der Waals surface area contributed by atoms with E-state index in [1.807, 2.05) is 24.3 Å². The van der Waals surface area contributed by atoms with Gasteiger partial charge in [0.15, 0.2) is 0 Å². The van der Waals surface area contributed by atoms with Crippen LogP contribution in [0.5, 0.6) is 0 Å². The van der Waals surface area contributed by atoms with Gasteiger partial charge >= 0.3 is 5.97 Å². The lowest BCUT2D eigenvalue weighted by molar-refractivity contribution is -0.142. The van der Waals surface area contributed by atoms with Gasteiger partial charge in [0.2, 0.25) is 11.8 Å². The second kappa shape index (κ2) is 7.35. The molecule has 0 aliphatic heterocycles. The molecule has 0 aromatic carbocycles. The second-order valence-electron chi connectivity index (χ2n) is 4.48. The van der Waals surface area contributed by atoms with Gasteiger partial charge in [0.25, 0.3) is 0 Å². The summed E-state index contributed by atoms with van der Waals surface area (Å²) in [6.45, 7) is 0. The molecule has 0 heterocycles. The molecule has 0 fully saturated rings. The number of aliphatic carboxylic acids is 1. The first-order valence-corrected chi connectivity index (χ1v) is 6.13. The Morgan fingerprint density at radius 2 is 2.11 bits per heavy atom. The summed E-state index contributed by atoms with van der Waals surface area (Å²) in [7, 11) is 0. The summed E-state index contributed by atoms with van der Waals surface area (Å²) in [6.07, 6.45) is 8.59. The standard InChI is InChI=1S/C13H18N2O4/c14-11(16)7-6-10(13(18)19)15-12(17)8-9-4-2-1-3-5-9/h1-4,9-10H,5-8H2,(H2,14,16)(H,15,17)(H,18,19). The Morgan fingerprint density at radius 1 is 1.37 bits per heavy atom. The Labute approximate surface area is 111 Å². The number of carboxylic acid groups (broad SMARTS) is 1. The van der Waals surface area contributed by atoms with Crippen LogP contribution in [-0.4, -0.2) is 28.9 Å². The number of hydrogen-bond acceptors (Lipinski definition) is 3. The van der Waals surface area contributed by atoms with Crippen LogP contribution in [0.15, 0.2) is 24.3 Å². The Hall–Kier alpha value is -2.11. The molecular formula is C13H18N2O4. The maximum atomic E-state index is 11.7. The van der Waals surface area contributed by atoms with Gasteiger partial charge < -0.3 is 16.2 Å². The number of rotatable bonds is 7. The van der Waals surface area contributed by atoms with Crippen LogP contribution in [-0.2, 0) is 14.4 Å². The fourth-order valence-electron chi connectivity index (χ4n) is 1.82. The first kappa shape index (κ1) is 14.9. The number of carbonyl (C=O) groups is 3. The molecule has 6 nitrogen and oxygen atoms in total. The first-order chi connectivity index (χ1) is 8.99. The van der Waals surface area contributed by atoms with Crippen molar-refractivity contribution in [3.05, 3.63) is 24.3 Å². The number of primary amides is 1. The van der Waals surface area contributed by atoms with Crippen molar-refractivity contribution in [2.24, 2.45) is 11.7 Å². The second-order valence-corrected chi connectivity index (χ2v) is 4.48. The van der Waals surface area contributed by atoms with Crippen molar-refractivity contribution >= 4 is 17.8 Å². The van der Waals surface area contributed by atoms with E-state index >= 15 is 0 Å². The molecule has 0 radical (unpaired) electrons. The summed E-state index contributed by atoms with van der Waals surface area (Å²) in [4.78, 5) is 33.3. The SMILES string of the molecule is NC(=O)CCC(NC(=O)CC1C=CC=CC1)C(=O)O. The quantitative estimate of drug-likeness (QED) is 0.617. The molecule has 1 aliphatic carbocycles. The van der Waals surface area contributed by atoms with Crippen molar-refractivity contribution in [2.45, 2.75) is 31.7 Å². The zero-order valence-corrected chi connectivity index (χ0v) is 10.5. The molecule has 0 aromatic heterocycles. The summed E-state index contributed by atoms with van der Waals surface area (Å²) in [5.74, 6) is -1.98. The molecule has 104 valence electrons. The smallest absolute Gasteiger partial charge is 0.326 e. The minimum absolute atomic E-state index is 0.0107. The fourth-order valence-corrected chi connectivity index (χ4v) is 1.82. The molecule has 2 amide bonds. The lowest BCUT2D eigenvalue weighted by Gasteiger charge is -2.16. The van der Waals surface area contributed by atoms with E-state index in [0.717, 1.165) is 6.42 Å². The lowest BCUT2D eigenvalue weighted by atomic mass is 9.97. The van der Waals surface area contributed by atoms with Gasteiger partial charge in [-0.3, -0.25) is 9.59 Å². The van der Waals surface area contributed by atoms with E-state index in [1.54, 1.807) is 0 Å². The largest absolute Gasteiger partial charge is 0.480 e. The zero-order valence-electron chi connectivity index (χ0n) is 10.5. The molecule has 2 atom stereocenters. The van der Waals surface area contributed by atoms with Gasteiger partial charge in [0, 0.05) is 12.8 Å². The molecule has 0 aromatic rings. The Balaban J connectivity index is 2.42. The predicted molar refractivity (Wildman–Crippen MR) is 69.0 cm³/mol. The molecule has 1 aliphatic rings. The fraction of sp³-hybridized carbons (Fsp3) is 0.462. The number of amides is 2. The van der Waals surface area contributed by atoms with Gasteiger partial charge in [-0.2, -0.15) is 0 Å². The van der Waals surface area contributed by atoms with E-state index < -0.39 is 17.9 Å². The van der Waals surface area contributed by atoms with Crippen LogP contribution >= 0.6 is 0 Å². The molecule has 6 heteroatoms. The lowest BCUT2D eigenvalue weighted by Crippen LogP contribution is -2.41. The van der Waals surface area contributed by atoms with Gasteiger partial charge in [-0.15, -0.1) is 0 Å². The Bertz CT molecular complexity index is 415. The van der Waals surface area contributed by atoms with Crippen LogP contribution in [0.4, 0.5) is 0 Å². The predicted octanol–water partition coefficient (Wildman–Crippen LogP) is 0.344. The average molecular weight is 266 g/mol. The minimum atomic E-state index is -1.16. The van der Waals surface area contributed by atoms with E-state index in [4.69, 9.17) is 10.8 Å². The van der Waals surface area contributed by atoms with Crippen LogP contribution < -0.4 is 11.1 Å². The molecule has 1 rings (SSSR count).